The minimum absolute atomic E-state index is 0.0480. The normalized spacial score (nSPS) is 23.5. The maximum absolute atomic E-state index is 13.2. The summed E-state index contributed by atoms with van der Waals surface area (Å²) in [6.07, 6.45) is 5.09. The lowest BCUT2D eigenvalue weighted by molar-refractivity contribution is 0.0582. The predicted octanol–water partition coefficient (Wildman–Crippen LogP) is 2.71. The quantitative estimate of drug-likeness (QED) is 0.855. The Morgan fingerprint density at radius 1 is 1.08 bits per heavy atom. The van der Waals surface area contributed by atoms with Crippen molar-refractivity contribution in [3.05, 3.63) is 63.6 Å². The zero-order valence-electron chi connectivity index (χ0n) is 14.7. The van der Waals surface area contributed by atoms with Crippen LogP contribution in [0.3, 0.4) is 0 Å². The molecule has 0 unspecified atom stereocenters. The molecule has 1 aromatic carbocycles. The lowest BCUT2D eigenvalue weighted by Crippen LogP contribution is -2.52. The summed E-state index contributed by atoms with van der Waals surface area (Å²) in [5.74, 6) is 0.173. The van der Waals surface area contributed by atoms with Crippen LogP contribution >= 0.6 is 0 Å². The van der Waals surface area contributed by atoms with Gasteiger partial charge in [0.15, 0.2) is 11.4 Å². The fraction of sp³-hybridized carbons (Fsp3) is 0.429. The number of ether oxygens (including phenoxy) is 1. The fourth-order valence-corrected chi connectivity index (χ4v) is 4.88. The Kier molecular flexibility index (Phi) is 3.45. The standard InChI is InChI=1S/C21H22N2O3/c24-17-12-16-8-10-21-9-4-5-11-22(14-21)20(25)18(23(16)21)19(17)26-13-15-6-2-1-3-7-15/h1-3,6-7,12H,4-5,8-11,13-14H2/t21-/m0/s1. The third-order valence-corrected chi connectivity index (χ3v) is 6.09. The van der Waals surface area contributed by atoms with E-state index in [4.69, 9.17) is 4.74 Å². The number of pyridine rings is 1. The monoisotopic (exact) mass is 350 g/mol. The van der Waals surface area contributed by atoms with Crippen LogP contribution < -0.4 is 10.2 Å². The Hall–Kier alpha value is -2.56. The number of fused-ring (bicyclic) bond motifs is 1. The average molecular weight is 350 g/mol. The number of rotatable bonds is 3. The zero-order chi connectivity index (χ0) is 17.7. The minimum atomic E-state index is -0.174. The molecule has 2 aromatic rings. The summed E-state index contributed by atoms with van der Waals surface area (Å²) in [7, 11) is 0. The Bertz CT molecular complexity index is 934. The van der Waals surface area contributed by atoms with E-state index in [1.54, 1.807) is 6.07 Å². The Balaban J connectivity index is 1.63. The van der Waals surface area contributed by atoms with Crippen LogP contribution in [0.4, 0.5) is 0 Å². The van der Waals surface area contributed by atoms with Gasteiger partial charge in [-0.1, -0.05) is 30.3 Å². The molecule has 0 N–H and O–H groups in total. The van der Waals surface area contributed by atoms with Crippen LogP contribution in [0.15, 0.2) is 41.2 Å². The Morgan fingerprint density at radius 3 is 2.77 bits per heavy atom. The molecule has 1 atom stereocenters. The first-order chi connectivity index (χ1) is 12.7. The van der Waals surface area contributed by atoms with E-state index in [-0.39, 0.29) is 22.6 Å². The van der Waals surface area contributed by atoms with Gasteiger partial charge in [-0.05, 0) is 37.7 Å². The van der Waals surface area contributed by atoms with Gasteiger partial charge in [-0.2, -0.15) is 0 Å². The van der Waals surface area contributed by atoms with E-state index >= 15 is 0 Å². The van der Waals surface area contributed by atoms with Crippen LogP contribution in [-0.4, -0.2) is 28.5 Å². The first-order valence-corrected chi connectivity index (χ1v) is 9.43. The van der Waals surface area contributed by atoms with Gasteiger partial charge in [-0.25, -0.2) is 0 Å². The molecule has 3 aliphatic rings. The van der Waals surface area contributed by atoms with Gasteiger partial charge in [0.25, 0.3) is 5.91 Å². The molecule has 3 aliphatic heterocycles. The highest BCUT2D eigenvalue weighted by atomic mass is 16.5. The lowest BCUT2D eigenvalue weighted by atomic mass is 9.89. The van der Waals surface area contributed by atoms with Gasteiger partial charge in [0.2, 0.25) is 5.43 Å². The summed E-state index contributed by atoms with van der Waals surface area (Å²) in [6, 6.07) is 11.4. The van der Waals surface area contributed by atoms with Gasteiger partial charge in [0.1, 0.15) is 6.61 Å². The number of carbonyl (C=O) groups excluding carboxylic acids is 1. The maximum atomic E-state index is 13.2. The second kappa shape index (κ2) is 5.73. The topological polar surface area (TPSA) is 51.5 Å². The van der Waals surface area contributed by atoms with Crippen molar-refractivity contribution in [3.63, 3.8) is 0 Å². The maximum Gasteiger partial charge on any atom is 0.274 e. The largest absolute Gasteiger partial charge is 0.483 e. The summed E-state index contributed by atoms with van der Waals surface area (Å²) in [5, 5.41) is 0. The second-order valence-corrected chi connectivity index (χ2v) is 7.70. The number of aromatic nitrogens is 1. The van der Waals surface area contributed by atoms with Crippen molar-refractivity contribution >= 4 is 5.91 Å². The zero-order valence-corrected chi connectivity index (χ0v) is 14.7. The van der Waals surface area contributed by atoms with Crippen molar-refractivity contribution in [2.45, 2.75) is 44.2 Å². The van der Waals surface area contributed by atoms with Crippen LogP contribution in [0.1, 0.15) is 47.4 Å². The van der Waals surface area contributed by atoms with Crippen LogP contribution in [0.2, 0.25) is 0 Å². The molecule has 5 nitrogen and oxygen atoms in total. The number of aryl methyl sites for hydroxylation is 1. The summed E-state index contributed by atoms with van der Waals surface area (Å²) in [4.78, 5) is 27.9. The molecule has 5 rings (SSSR count). The fourth-order valence-electron chi connectivity index (χ4n) is 4.88. The van der Waals surface area contributed by atoms with Crippen molar-refractivity contribution < 1.29 is 9.53 Å². The number of amides is 1. The third kappa shape index (κ3) is 2.23. The van der Waals surface area contributed by atoms with E-state index in [2.05, 4.69) is 4.57 Å². The molecule has 0 radical (unpaired) electrons. The molecule has 5 heteroatoms. The Labute approximate surface area is 152 Å². The highest BCUT2D eigenvalue weighted by molar-refractivity contribution is 5.96. The third-order valence-electron chi connectivity index (χ3n) is 6.09. The van der Waals surface area contributed by atoms with E-state index in [9.17, 15) is 9.59 Å². The average Bonchev–Trinajstić information content (AvgIpc) is 2.88. The summed E-state index contributed by atoms with van der Waals surface area (Å²) < 4.78 is 8.11. The van der Waals surface area contributed by atoms with E-state index < -0.39 is 0 Å². The van der Waals surface area contributed by atoms with Gasteiger partial charge in [-0.3, -0.25) is 9.59 Å². The van der Waals surface area contributed by atoms with Crippen molar-refractivity contribution in [1.82, 2.24) is 9.47 Å². The molecular formula is C21H22N2O3. The molecule has 26 heavy (non-hydrogen) atoms. The van der Waals surface area contributed by atoms with E-state index in [0.29, 0.717) is 12.3 Å². The molecular weight excluding hydrogens is 328 g/mol. The number of hydrogen-bond acceptors (Lipinski definition) is 3. The molecule has 1 spiro atoms. The number of benzene rings is 1. The van der Waals surface area contributed by atoms with Crippen molar-refractivity contribution in [1.29, 1.82) is 0 Å². The number of nitrogens with zero attached hydrogens (tertiary/aromatic N) is 2. The van der Waals surface area contributed by atoms with Gasteiger partial charge >= 0.3 is 0 Å². The molecule has 1 saturated heterocycles. The first-order valence-electron chi connectivity index (χ1n) is 9.43. The van der Waals surface area contributed by atoms with Crippen molar-refractivity contribution in [3.8, 4) is 5.75 Å². The molecule has 4 heterocycles. The van der Waals surface area contributed by atoms with Crippen LogP contribution in [-0.2, 0) is 18.6 Å². The van der Waals surface area contributed by atoms with Gasteiger partial charge in [0, 0.05) is 24.8 Å². The van der Waals surface area contributed by atoms with Crippen LogP contribution in [0.25, 0.3) is 0 Å². The van der Waals surface area contributed by atoms with Gasteiger partial charge < -0.3 is 14.2 Å². The first kappa shape index (κ1) is 15.7. The van der Waals surface area contributed by atoms with Crippen molar-refractivity contribution in [2.24, 2.45) is 0 Å². The Morgan fingerprint density at radius 2 is 1.92 bits per heavy atom. The highest BCUT2D eigenvalue weighted by Gasteiger charge is 2.49. The van der Waals surface area contributed by atoms with Gasteiger partial charge in [-0.15, -0.1) is 0 Å². The van der Waals surface area contributed by atoms with Gasteiger partial charge in [0.05, 0.1) is 5.54 Å². The molecule has 0 saturated carbocycles. The molecule has 0 aliphatic carbocycles. The summed E-state index contributed by atoms with van der Waals surface area (Å²) in [5.41, 5.74) is 2.24. The van der Waals surface area contributed by atoms with Crippen LogP contribution in [0, 0.1) is 0 Å². The summed E-state index contributed by atoms with van der Waals surface area (Å²) >= 11 is 0. The number of carbonyl (C=O) groups is 1. The highest BCUT2D eigenvalue weighted by Crippen LogP contribution is 2.44. The van der Waals surface area contributed by atoms with Crippen molar-refractivity contribution in [2.75, 3.05) is 13.1 Å². The van der Waals surface area contributed by atoms with E-state index in [1.165, 1.54) is 0 Å². The lowest BCUT2D eigenvalue weighted by Gasteiger charge is -2.42. The molecule has 134 valence electrons. The predicted molar refractivity (Wildman–Crippen MR) is 97.5 cm³/mol. The smallest absolute Gasteiger partial charge is 0.274 e. The van der Waals surface area contributed by atoms with E-state index in [0.717, 1.165) is 56.5 Å². The number of hydrogen-bond donors (Lipinski definition) is 0. The molecule has 1 amide bonds. The molecule has 1 aromatic heterocycles. The SMILES string of the molecule is O=C1c2c(OCc3ccccc3)c(=O)cc3n2[C@@]2(CCCCN1C2)CC3. The van der Waals surface area contributed by atoms with E-state index in [1.807, 2.05) is 35.2 Å². The minimum Gasteiger partial charge on any atom is -0.483 e. The molecule has 1 fully saturated rings. The second-order valence-electron chi connectivity index (χ2n) is 7.70. The molecule has 2 bridgehead atoms. The summed E-state index contributed by atoms with van der Waals surface area (Å²) in [6.45, 7) is 1.84. The van der Waals surface area contributed by atoms with Crippen LogP contribution in [0.5, 0.6) is 5.75 Å².